The first-order valence-electron chi connectivity index (χ1n) is 4.53. The van der Waals surface area contributed by atoms with Crippen LogP contribution >= 0.6 is 11.3 Å². The van der Waals surface area contributed by atoms with E-state index in [1.165, 1.54) is 6.20 Å². The highest BCUT2D eigenvalue weighted by atomic mass is 32.1. The Morgan fingerprint density at radius 1 is 1.40 bits per heavy atom. The third kappa shape index (κ3) is 2.88. The van der Waals surface area contributed by atoms with Gasteiger partial charge >= 0.3 is 0 Å². The van der Waals surface area contributed by atoms with Gasteiger partial charge in [0.1, 0.15) is 11.6 Å². The molecular formula is C9H11N5S. The molecule has 2 rings (SSSR count). The lowest BCUT2D eigenvalue weighted by atomic mass is 10.3. The van der Waals surface area contributed by atoms with Gasteiger partial charge in [0, 0.05) is 18.3 Å². The molecule has 78 valence electrons. The molecule has 0 atom stereocenters. The van der Waals surface area contributed by atoms with Crippen LogP contribution in [0.4, 0.5) is 11.6 Å². The summed E-state index contributed by atoms with van der Waals surface area (Å²) in [5, 5.41) is 5.17. The molecule has 3 N–H and O–H groups in total. The fraction of sp³-hybridized carbons (Fsp3) is 0.222. The first kappa shape index (κ1) is 9.85. The van der Waals surface area contributed by atoms with E-state index in [9.17, 15) is 0 Å². The van der Waals surface area contributed by atoms with E-state index in [2.05, 4.69) is 20.3 Å². The predicted octanol–water partition coefficient (Wildman–Crippen LogP) is 1.17. The van der Waals surface area contributed by atoms with Gasteiger partial charge in [0.2, 0.25) is 0 Å². The summed E-state index contributed by atoms with van der Waals surface area (Å²) in [4.78, 5) is 12.2. The minimum Gasteiger partial charge on any atom is -0.382 e. The van der Waals surface area contributed by atoms with Crippen molar-refractivity contribution in [3.63, 3.8) is 0 Å². The van der Waals surface area contributed by atoms with Gasteiger partial charge in [0.15, 0.2) is 0 Å². The molecule has 2 heterocycles. The summed E-state index contributed by atoms with van der Waals surface area (Å²) in [5.74, 6) is 1.12. The van der Waals surface area contributed by atoms with E-state index in [1.807, 2.05) is 10.9 Å². The Balaban J connectivity index is 1.83. The van der Waals surface area contributed by atoms with E-state index < -0.39 is 0 Å². The van der Waals surface area contributed by atoms with E-state index in [1.54, 1.807) is 17.5 Å². The van der Waals surface area contributed by atoms with Gasteiger partial charge in [0.05, 0.1) is 23.6 Å². The number of nitrogen functional groups attached to an aromatic ring is 1. The minimum atomic E-state index is 0.425. The van der Waals surface area contributed by atoms with Crippen molar-refractivity contribution in [1.82, 2.24) is 15.0 Å². The van der Waals surface area contributed by atoms with Crippen molar-refractivity contribution < 1.29 is 0 Å². The fourth-order valence-electron chi connectivity index (χ4n) is 1.15. The van der Waals surface area contributed by atoms with Crippen molar-refractivity contribution in [2.45, 2.75) is 6.42 Å². The monoisotopic (exact) mass is 221 g/mol. The Kier molecular flexibility index (Phi) is 3.08. The van der Waals surface area contributed by atoms with Crippen molar-refractivity contribution in [3.05, 3.63) is 29.0 Å². The average Bonchev–Trinajstić information content (AvgIpc) is 2.71. The quantitative estimate of drug-likeness (QED) is 0.810. The molecule has 0 fully saturated rings. The van der Waals surface area contributed by atoms with Gasteiger partial charge in [0.25, 0.3) is 0 Å². The van der Waals surface area contributed by atoms with Crippen molar-refractivity contribution in [1.29, 1.82) is 0 Å². The fourth-order valence-corrected chi connectivity index (χ4v) is 1.74. The van der Waals surface area contributed by atoms with E-state index in [-0.39, 0.29) is 0 Å². The minimum absolute atomic E-state index is 0.425. The second kappa shape index (κ2) is 4.70. The summed E-state index contributed by atoms with van der Waals surface area (Å²) in [6, 6.07) is 0. The predicted molar refractivity (Wildman–Crippen MR) is 60.8 cm³/mol. The van der Waals surface area contributed by atoms with Crippen molar-refractivity contribution >= 4 is 23.0 Å². The summed E-state index contributed by atoms with van der Waals surface area (Å²) in [6.07, 6.45) is 4.04. The lowest BCUT2D eigenvalue weighted by Crippen LogP contribution is -2.07. The molecule has 0 saturated carbocycles. The van der Waals surface area contributed by atoms with Gasteiger partial charge < -0.3 is 11.1 Å². The summed E-state index contributed by atoms with van der Waals surface area (Å²) in [5.41, 5.74) is 8.42. The Morgan fingerprint density at radius 3 is 3.07 bits per heavy atom. The van der Waals surface area contributed by atoms with Crippen LogP contribution in [0.2, 0.25) is 0 Å². The number of hydrogen-bond acceptors (Lipinski definition) is 6. The molecule has 6 heteroatoms. The summed E-state index contributed by atoms with van der Waals surface area (Å²) in [6.45, 7) is 0.780. The Hall–Kier alpha value is -1.69. The van der Waals surface area contributed by atoms with Crippen LogP contribution in [0.15, 0.2) is 23.3 Å². The standard InChI is InChI=1S/C9H11N5S/c10-8-3-11-4-9(14-8)12-2-1-7-5-15-6-13-7/h3-6H,1-2H2,(H3,10,12,14). The molecule has 15 heavy (non-hydrogen) atoms. The molecule has 0 amide bonds. The van der Waals surface area contributed by atoms with Crippen LogP contribution < -0.4 is 11.1 Å². The number of anilines is 2. The molecule has 0 radical (unpaired) electrons. The largest absolute Gasteiger partial charge is 0.382 e. The van der Waals surface area contributed by atoms with Gasteiger partial charge in [-0.2, -0.15) is 0 Å². The first-order valence-corrected chi connectivity index (χ1v) is 5.47. The second-order valence-electron chi connectivity index (χ2n) is 2.99. The van der Waals surface area contributed by atoms with E-state index in [0.717, 1.165) is 18.7 Å². The van der Waals surface area contributed by atoms with Gasteiger partial charge in [-0.1, -0.05) is 0 Å². The van der Waals surface area contributed by atoms with Crippen molar-refractivity contribution in [2.24, 2.45) is 0 Å². The first-order chi connectivity index (χ1) is 7.34. The zero-order chi connectivity index (χ0) is 10.5. The number of rotatable bonds is 4. The zero-order valence-electron chi connectivity index (χ0n) is 8.05. The van der Waals surface area contributed by atoms with Crippen LogP contribution in [0.5, 0.6) is 0 Å². The molecule has 0 aromatic carbocycles. The lowest BCUT2D eigenvalue weighted by molar-refractivity contribution is 0.965. The maximum atomic E-state index is 5.50. The number of nitrogens with two attached hydrogens (primary N) is 1. The number of thiazole rings is 1. The molecule has 0 saturated heterocycles. The Morgan fingerprint density at radius 2 is 2.33 bits per heavy atom. The molecule has 0 bridgehead atoms. The normalized spacial score (nSPS) is 10.1. The smallest absolute Gasteiger partial charge is 0.146 e. The maximum Gasteiger partial charge on any atom is 0.146 e. The number of nitrogens with zero attached hydrogens (tertiary/aromatic N) is 3. The molecule has 5 nitrogen and oxygen atoms in total. The Bertz CT molecular complexity index is 414. The molecule has 0 aliphatic heterocycles. The second-order valence-corrected chi connectivity index (χ2v) is 3.70. The topological polar surface area (TPSA) is 76.7 Å². The molecule has 0 aliphatic carbocycles. The number of aromatic nitrogens is 3. The third-order valence-electron chi connectivity index (χ3n) is 1.82. The van der Waals surface area contributed by atoms with Gasteiger partial charge in [-0.05, 0) is 0 Å². The van der Waals surface area contributed by atoms with Crippen LogP contribution in [0.1, 0.15) is 5.69 Å². The molecule has 0 aliphatic rings. The van der Waals surface area contributed by atoms with Crippen molar-refractivity contribution in [2.75, 3.05) is 17.6 Å². The van der Waals surface area contributed by atoms with Crippen molar-refractivity contribution in [3.8, 4) is 0 Å². The summed E-state index contributed by atoms with van der Waals surface area (Å²) < 4.78 is 0. The van der Waals surface area contributed by atoms with Crippen LogP contribution in [0.25, 0.3) is 0 Å². The number of hydrogen-bond donors (Lipinski definition) is 2. The highest BCUT2D eigenvalue weighted by Gasteiger charge is 1.97. The molecule has 0 spiro atoms. The van der Waals surface area contributed by atoms with E-state index >= 15 is 0 Å². The lowest BCUT2D eigenvalue weighted by Gasteiger charge is -2.03. The summed E-state index contributed by atoms with van der Waals surface area (Å²) >= 11 is 1.60. The SMILES string of the molecule is Nc1cncc(NCCc2cscn2)n1. The molecule has 0 unspecified atom stereocenters. The van der Waals surface area contributed by atoms with Crippen LogP contribution in [-0.4, -0.2) is 21.5 Å². The Labute approximate surface area is 91.4 Å². The van der Waals surface area contributed by atoms with Crippen LogP contribution in [0.3, 0.4) is 0 Å². The van der Waals surface area contributed by atoms with Crippen LogP contribution in [-0.2, 0) is 6.42 Å². The van der Waals surface area contributed by atoms with Crippen LogP contribution in [0, 0.1) is 0 Å². The zero-order valence-corrected chi connectivity index (χ0v) is 8.87. The third-order valence-corrected chi connectivity index (χ3v) is 2.46. The van der Waals surface area contributed by atoms with Gasteiger partial charge in [-0.3, -0.25) is 4.98 Å². The molecular weight excluding hydrogens is 210 g/mol. The highest BCUT2D eigenvalue weighted by Crippen LogP contribution is 2.04. The average molecular weight is 221 g/mol. The summed E-state index contributed by atoms with van der Waals surface area (Å²) in [7, 11) is 0. The van der Waals surface area contributed by atoms with Gasteiger partial charge in [-0.25, -0.2) is 9.97 Å². The van der Waals surface area contributed by atoms with Gasteiger partial charge in [-0.15, -0.1) is 11.3 Å². The maximum absolute atomic E-state index is 5.50. The highest BCUT2D eigenvalue weighted by molar-refractivity contribution is 7.07. The number of nitrogens with one attached hydrogen (secondary N) is 1. The molecule has 2 aromatic heterocycles. The van der Waals surface area contributed by atoms with E-state index in [4.69, 9.17) is 5.73 Å². The van der Waals surface area contributed by atoms with E-state index in [0.29, 0.717) is 11.6 Å². The molecule has 2 aromatic rings.